The van der Waals surface area contributed by atoms with E-state index in [2.05, 4.69) is 25.5 Å². The zero-order chi connectivity index (χ0) is 18.4. The van der Waals surface area contributed by atoms with Gasteiger partial charge in [-0.3, -0.25) is 9.67 Å². The second kappa shape index (κ2) is 6.35. The summed E-state index contributed by atoms with van der Waals surface area (Å²) in [6.07, 6.45) is 4.11. The summed E-state index contributed by atoms with van der Waals surface area (Å²) in [4.78, 5) is 9.03. The van der Waals surface area contributed by atoms with Gasteiger partial charge in [0.15, 0.2) is 11.5 Å². The van der Waals surface area contributed by atoms with Crippen LogP contribution >= 0.6 is 11.6 Å². The Bertz CT molecular complexity index is 1110. The molecule has 8 heteroatoms. The van der Waals surface area contributed by atoms with Gasteiger partial charge in [-0.05, 0) is 36.6 Å². The van der Waals surface area contributed by atoms with E-state index in [9.17, 15) is 4.39 Å². The van der Waals surface area contributed by atoms with E-state index in [1.54, 1.807) is 24.5 Å². The van der Waals surface area contributed by atoms with Gasteiger partial charge in [0.25, 0.3) is 0 Å². The summed E-state index contributed by atoms with van der Waals surface area (Å²) in [5, 5.41) is 11.2. The van der Waals surface area contributed by atoms with Gasteiger partial charge in [0.2, 0.25) is 0 Å². The van der Waals surface area contributed by atoms with Crippen molar-refractivity contribution in [1.29, 1.82) is 0 Å². The normalized spacial score (nSPS) is 14.0. The zero-order valence-corrected chi connectivity index (χ0v) is 15.0. The molecule has 2 N–H and O–H groups in total. The van der Waals surface area contributed by atoms with Crippen molar-refractivity contribution in [3.63, 3.8) is 0 Å². The molecule has 5 rings (SSSR count). The van der Waals surface area contributed by atoms with Crippen LogP contribution in [0.25, 0.3) is 17.0 Å². The number of hydrogen-bond donors (Lipinski definition) is 2. The van der Waals surface area contributed by atoms with Gasteiger partial charge in [-0.15, -0.1) is 0 Å². The molecule has 1 saturated carbocycles. The number of rotatable bonds is 5. The van der Waals surface area contributed by atoms with Crippen LogP contribution in [-0.4, -0.2) is 24.7 Å². The van der Waals surface area contributed by atoms with Crippen molar-refractivity contribution in [2.24, 2.45) is 0 Å². The van der Waals surface area contributed by atoms with Crippen LogP contribution < -0.4 is 5.32 Å². The summed E-state index contributed by atoms with van der Waals surface area (Å²) in [7, 11) is 0. The number of hydrogen-bond acceptors (Lipinski definition) is 4. The Morgan fingerprint density at radius 1 is 1.22 bits per heavy atom. The first-order valence-electron chi connectivity index (χ1n) is 8.75. The lowest BCUT2D eigenvalue weighted by atomic mass is 10.2. The Morgan fingerprint density at radius 3 is 2.81 bits per heavy atom. The van der Waals surface area contributed by atoms with Crippen LogP contribution in [0, 0.1) is 5.82 Å². The lowest BCUT2D eigenvalue weighted by molar-refractivity contribution is 0.627. The summed E-state index contributed by atoms with van der Waals surface area (Å²) < 4.78 is 14.9. The second-order valence-corrected chi connectivity index (χ2v) is 7.12. The summed E-state index contributed by atoms with van der Waals surface area (Å²) in [5.74, 6) is 1.65. The lowest BCUT2D eigenvalue weighted by Crippen LogP contribution is -2.03. The van der Waals surface area contributed by atoms with Crippen LogP contribution in [0.1, 0.15) is 30.0 Å². The van der Waals surface area contributed by atoms with Crippen molar-refractivity contribution >= 4 is 28.6 Å². The molecule has 4 aromatic rings. The number of aromatic amines is 1. The Kier molecular flexibility index (Phi) is 3.82. The molecule has 0 spiro atoms. The smallest absolute Gasteiger partial charge is 0.168 e. The summed E-state index contributed by atoms with van der Waals surface area (Å²) in [5.41, 5.74) is 3.46. The molecule has 0 bridgehead atoms. The van der Waals surface area contributed by atoms with Crippen LogP contribution in [-0.2, 0) is 6.54 Å². The van der Waals surface area contributed by atoms with Crippen LogP contribution in [0.5, 0.6) is 0 Å². The zero-order valence-electron chi connectivity index (χ0n) is 14.3. The van der Waals surface area contributed by atoms with E-state index in [-0.39, 0.29) is 5.82 Å². The molecule has 6 nitrogen and oxygen atoms in total. The summed E-state index contributed by atoms with van der Waals surface area (Å²) >= 11 is 6.35. The lowest BCUT2D eigenvalue weighted by Gasteiger charge is -2.08. The largest absolute Gasteiger partial charge is 0.365 e. The van der Waals surface area contributed by atoms with Crippen LogP contribution in [0.3, 0.4) is 0 Å². The van der Waals surface area contributed by atoms with Gasteiger partial charge in [-0.25, -0.2) is 14.4 Å². The molecule has 3 aromatic heterocycles. The molecule has 1 aliphatic carbocycles. The van der Waals surface area contributed by atoms with E-state index in [0.717, 1.165) is 17.1 Å². The number of anilines is 1. The average molecular weight is 383 g/mol. The standard InChI is InChI=1S/C19H16ClFN6/c20-14-7-16-19(24-18(14)22-9-11-1-5-13(21)6-2-11)27(10-23-16)17-8-15(25-26-17)12-3-4-12/h1-2,5-8,10,12H,3-4,9H2,(H,22,24)(H,25,26). The van der Waals surface area contributed by atoms with Gasteiger partial charge in [-0.2, -0.15) is 5.10 Å². The van der Waals surface area contributed by atoms with Crippen LogP contribution in [0.4, 0.5) is 10.2 Å². The highest BCUT2D eigenvalue weighted by Crippen LogP contribution is 2.39. The number of benzene rings is 1. The highest BCUT2D eigenvalue weighted by Gasteiger charge is 2.26. The molecule has 0 unspecified atom stereocenters. The van der Waals surface area contributed by atoms with Gasteiger partial charge < -0.3 is 5.32 Å². The SMILES string of the molecule is Fc1ccc(CNc2nc3c(cc2Cl)ncn3-c2cc(C3CC3)[nH]n2)cc1. The van der Waals surface area contributed by atoms with Gasteiger partial charge in [0.1, 0.15) is 23.5 Å². The summed E-state index contributed by atoms with van der Waals surface area (Å²) in [6, 6.07) is 10.1. The number of H-pyrrole nitrogens is 1. The highest BCUT2D eigenvalue weighted by molar-refractivity contribution is 6.33. The number of nitrogens with one attached hydrogen (secondary N) is 2. The Balaban J connectivity index is 1.45. The minimum Gasteiger partial charge on any atom is -0.365 e. The maximum Gasteiger partial charge on any atom is 0.168 e. The van der Waals surface area contributed by atoms with Gasteiger partial charge in [-0.1, -0.05) is 23.7 Å². The van der Waals surface area contributed by atoms with Crippen molar-refractivity contribution in [3.8, 4) is 5.82 Å². The number of fused-ring (bicyclic) bond motifs is 1. The minimum absolute atomic E-state index is 0.259. The monoisotopic (exact) mass is 382 g/mol. The molecule has 0 radical (unpaired) electrons. The number of pyridine rings is 1. The van der Waals surface area contributed by atoms with Crippen molar-refractivity contribution in [2.75, 3.05) is 5.32 Å². The minimum atomic E-state index is -0.259. The predicted molar refractivity (Wildman–Crippen MR) is 102 cm³/mol. The van der Waals surface area contributed by atoms with E-state index >= 15 is 0 Å². The predicted octanol–water partition coefficient (Wildman–Crippen LogP) is 4.43. The Morgan fingerprint density at radius 2 is 2.04 bits per heavy atom. The molecular weight excluding hydrogens is 367 g/mol. The van der Waals surface area contributed by atoms with E-state index in [4.69, 9.17) is 11.6 Å². The molecule has 136 valence electrons. The molecular formula is C19H16ClFN6. The number of imidazole rings is 1. The third-order valence-corrected chi connectivity index (χ3v) is 4.99. The van der Waals surface area contributed by atoms with Crippen LogP contribution in [0.2, 0.25) is 5.02 Å². The van der Waals surface area contributed by atoms with Gasteiger partial charge in [0, 0.05) is 24.2 Å². The van der Waals surface area contributed by atoms with E-state index in [0.29, 0.717) is 34.5 Å². The second-order valence-electron chi connectivity index (χ2n) is 6.71. The average Bonchev–Trinajstić information content (AvgIpc) is 3.26. The number of aromatic nitrogens is 5. The molecule has 0 amide bonds. The van der Waals surface area contributed by atoms with Gasteiger partial charge in [0.05, 0.1) is 5.02 Å². The van der Waals surface area contributed by atoms with Crippen molar-refractivity contribution in [1.82, 2.24) is 24.7 Å². The number of nitrogens with zero attached hydrogens (tertiary/aromatic N) is 4. The molecule has 0 aliphatic heterocycles. The van der Waals surface area contributed by atoms with Crippen molar-refractivity contribution in [2.45, 2.75) is 25.3 Å². The molecule has 1 aromatic carbocycles. The van der Waals surface area contributed by atoms with E-state index in [1.807, 2.05) is 10.6 Å². The number of halogens is 2. The van der Waals surface area contributed by atoms with Crippen molar-refractivity contribution < 1.29 is 4.39 Å². The van der Waals surface area contributed by atoms with Gasteiger partial charge >= 0.3 is 0 Å². The quantitative estimate of drug-likeness (QED) is 0.535. The fourth-order valence-corrected chi connectivity index (χ4v) is 3.26. The third-order valence-electron chi connectivity index (χ3n) is 4.70. The first kappa shape index (κ1) is 16.3. The van der Waals surface area contributed by atoms with E-state index in [1.165, 1.54) is 25.0 Å². The first-order valence-corrected chi connectivity index (χ1v) is 9.13. The Labute approximate surface area is 159 Å². The topological polar surface area (TPSA) is 71.4 Å². The van der Waals surface area contributed by atoms with Crippen molar-refractivity contribution in [3.05, 3.63) is 64.8 Å². The molecule has 27 heavy (non-hydrogen) atoms. The fourth-order valence-electron chi connectivity index (χ4n) is 3.05. The molecule has 3 heterocycles. The Hall–Kier alpha value is -2.93. The molecule has 0 atom stereocenters. The fraction of sp³-hybridized carbons (Fsp3) is 0.211. The molecule has 0 saturated heterocycles. The summed E-state index contributed by atoms with van der Waals surface area (Å²) in [6.45, 7) is 0.487. The maximum absolute atomic E-state index is 13.0. The molecule has 1 aliphatic rings. The van der Waals surface area contributed by atoms with E-state index < -0.39 is 0 Å². The third kappa shape index (κ3) is 3.14. The maximum atomic E-state index is 13.0. The van der Waals surface area contributed by atoms with Crippen LogP contribution in [0.15, 0.2) is 42.7 Å². The highest BCUT2D eigenvalue weighted by atomic mass is 35.5. The first-order chi connectivity index (χ1) is 13.2. The molecule has 1 fully saturated rings.